The molecule has 1 fully saturated rings. The molecule has 0 aliphatic carbocycles. The summed E-state index contributed by atoms with van der Waals surface area (Å²) in [5, 5.41) is 13.0. The Balaban J connectivity index is 2.16. The second-order valence-corrected chi connectivity index (χ2v) is 4.74. The van der Waals surface area contributed by atoms with Gasteiger partial charge in [0.25, 0.3) is 0 Å². The second-order valence-electron chi connectivity index (χ2n) is 3.88. The summed E-state index contributed by atoms with van der Waals surface area (Å²) < 4.78 is 14.1. The molecule has 0 saturated carbocycles. The van der Waals surface area contributed by atoms with E-state index in [9.17, 15) is 9.50 Å². The lowest BCUT2D eigenvalue weighted by Gasteiger charge is -2.27. The van der Waals surface area contributed by atoms with Gasteiger partial charge in [0.1, 0.15) is 11.6 Å². The molecule has 0 atom stereocenters. The van der Waals surface area contributed by atoms with Crippen molar-refractivity contribution in [2.24, 2.45) is 0 Å². The van der Waals surface area contributed by atoms with Crippen LogP contribution in [0.5, 0.6) is 5.75 Å². The highest BCUT2D eigenvalue weighted by atomic mass is 79.9. The number of phenolic OH excluding ortho intramolecular Hbond substituents is 1. The molecule has 1 aromatic carbocycles. The van der Waals surface area contributed by atoms with Gasteiger partial charge in [-0.3, -0.25) is 4.90 Å². The van der Waals surface area contributed by atoms with Crippen LogP contribution in [0.3, 0.4) is 0 Å². The molecular weight excluding hydrogens is 275 g/mol. The molecule has 3 nitrogen and oxygen atoms in total. The maximum atomic E-state index is 13.6. The van der Waals surface area contributed by atoms with Crippen LogP contribution in [0.25, 0.3) is 0 Å². The minimum atomic E-state index is -0.348. The molecule has 0 unspecified atom stereocenters. The monoisotopic (exact) mass is 288 g/mol. The fourth-order valence-corrected chi connectivity index (χ4v) is 2.20. The Kier molecular flexibility index (Phi) is 3.78. The molecule has 16 heavy (non-hydrogen) atoms. The fraction of sp³-hybridized carbons (Fsp3) is 0.455. The van der Waals surface area contributed by atoms with E-state index in [0.29, 0.717) is 16.6 Å². The van der Waals surface area contributed by atoms with Gasteiger partial charge < -0.3 is 10.4 Å². The highest BCUT2D eigenvalue weighted by molar-refractivity contribution is 9.10. The van der Waals surface area contributed by atoms with Gasteiger partial charge in [-0.1, -0.05) is 0 Å². The minimum absolute atomic E-state index is 0.0125. The number of aromatic hydroxyl groups is 1. The van der Waals surface area contributed by atoms with Crippen LogP contribution >= 0.6 is 15.9 Å². The molecule has 1 aliphatic rings. The van der Waals surface area contributed by atoms with Crippen LogP contribution in [0.2, 0.25) is 0 Å². The Labute approximate surface area is 102 Å². The van der Waals surface area contributed by atoms with Gasteiger partial charge >= 0.3 is 0 Å². The van der Waals surface area contributed by atoms with E-state index in [1.165, 1.54) is 12.1 Å². The molecule has 0 radical (unpaired) electrons. The third-order valence-electron chi connectivity index (χ3n) is 2.77. The summed E-state index contributed by atoms with van der Waals surface area (Å²) in [7, 11) is 0. The van der Waals surface area contributed by atoms with Crippen molar-refractivity contribution in [1.82, 2.24) is 10.2 Å². The van der Waals surface area contributed by atoms with E-state index in [4.69, 9.17) is 0 Å². The third-order valence-corrected chi connectivity index (χ3v) is 3.41. The summed E-state index contributed by atoms with van der Waals surface area (Å²) in [5.41, 5.74) is 0.372. The molecule has 0 spiro atoms. The molecule has 2 rings (SSSR count). The zero-order valence-corrected chi connectivity index (χ0v) is 10.4. The van der Waals surface area contributed by atoms with Crippen LogP contribution in [-0.2, 0) is 6.54 Å². The number of piperazine rings is 1. The molecule has 88 valence electrons. The molecule has 0 bridgehead atoms. The standard InChI is InChI=1S/C11H14BrFN2O/c12-9-1-2-10(13)8(11(9)16)7-15-5-3-14-4-6-15/h1-2,14,16H,3-7H2. The first-order valence-corrected chi connectivity index (χ1v) is 6.06. The number of hydrogen-bond donors (Lipinski definition) is 2. The number of hydrogen-bond acceptors (Lipinski definition) is 3. The van der Waals surface area contributed by atoms with Gasteiger partial charge in [-0.05, 0) is 28.1 Å². The minimum Gasteiger partial charge on any atom is -0.506 e. The topological polar surface area (TPSA) is 35.5 Å². The lowest BCUT2D eigenvalue weighted by Crippen LogP contribution is -2.43. The van der Waals surface area contributed by atoms with Crippen molar-refractivity contribution in [1.29, 1.82) is 0 Å². The maximum absolute atomic E-state index is 13.6. The van der Waals surface area contributed by atoms with Crippen LogP contribution < -0.4 is 5.32 Å². The normalized spacial score (nSPS) is 17.6. The number of phenols is 1. The number of halogens is 2. The summed E-state index contributed by atoms with van der Waals surface area (Å²) in [6, 6.07) is 2.90. The van der Waals surface area contributed by atoms with E-state index in [1.807, 2.05) is 0 Å². The molecular formula is C11H14BrFN2O. The molecule has 2 N–H and O–H groups in total. The SMILES string of the molecule is Oc1c(Br)ccc(F)c1CN1CCNCC1. The number of nitrogens with one attached hydrogen (secondary N) is 1. The molecule has 5 heteroatoms. The average molecular weight is 289 g/mol. The predicted octanol–water partition coefficient (Wildman–Crippen LogP) is 1.70. The van der Waals surface area contributed by atoms with Crippen LogP contribution in [-0.4, -0.2) is 36.2 Å². The van der Waals surface area contributed by atoms with Crippen molar-refractivity contribution >= 4 is 15.9 Å². The predicted molar refractivity (Wildman–Crippen MR) is 63.9 cm³/mol. The smallest absolute Gasteiger partial charge is 0.137 e. The van der Waals surface area contributed by atoms with Gasteiger partial charge in [-0.15, -0.1) is 0 Å². The first-order chi connectivity index (χ1) is 7.68. The highest BCUT2D eigenvalue weighted by Crippen LogP contribution is 2.30. The number of nitrogens with zero attached hydrogens (tertiary/aromatic N) is 1. The van der Waals surface area contributed by atoms with E-state index in [2.05, 4.69) is 26.1 Å². The van der Waals surface area contributed by atoms with Crippen LogP contribution in [0.4, 0.5) is 4.39 Å². The molecule has 1 saturated heterocycles. The summed E-state index contributed by atoms with van der Waals surface area (Å²) in [5.74, 6) is -0.335. The van der Waals surface area contributed by atoms with Gasteiger partial charge in [0.05, 0.1) is 4.47 Å². The lowest BCUT2D eigenvalue weighted by molar-refractivity contribution is 0.227. The summed E-state index contributed by atoms with van der Waals surface area (Å²) in [6.07, 6.45) is 0. The van der Waals surface area contributed by atoms with Gasteiger partial charge in [-0.25, -0.2) is 4.39 Å². The maximum Gasteiger partial charge on any atom is 0.137 e. The zero-order chi connectivity index (χ0) is 11.5. The first kappa shape index (κ1) is 11.8. The average Bonchev–Trinajstić information content (AvgIpc) is 2.31. The Morgan fingerprint density at radius 1 is 1.38 bits per heavy atom. The van der Waals surface area contributed by atoms with Crippen molar-refractivity contribution < 1.29 is 9.50 Å². The zero-order valence-electron chi connectivity index (χ0n) is 8.84. The Bertz CT molecular complexity index is 380. The van der Waals surface area contributed by atoms with Gasteiger partial charge in [0.2, 0.25) is 0 Å². The summed E-state index contributed by atoms with van der Waals surface area (Å²) >= 11 is 3.20. The number of rotatable bonds is 2. The van der Waals surface area contributed by atoms with E-state index >= 15 is 0 Å². The largest absolute Gasteiger partial charge is 0.506 e. The van der Waals surface area contributed by atoms with E-state index in [1.54, 1.807) is 0 Å². The van der Waals surface area contributed by atoms with Crippen molar-refractivity contribution in [3.05, 3.63) is 28.0 Å². The Hall–Kier alpha value is -0.650. The van der Waals surface area contributed by atoms with Gasteiger partial charge in [0.15, 0.2) is 0 Å². The van der Waals surface area contributed by atoms with Gasteiger partial charge in [-0.2, -0.15) is 0 Å². The first-order valence-electron chi connectivity index (χ1n) is 5.27. The summed E-state index contributed by atoms with van der Waals surface area (Å²) in [4.78, 5) is 2.13. The number of benzene rings is 1. The Morgan fingerprint density at radius 2 is 2.06 bits per heavy atom. The molecule has 1 aliphatic heterocycles. The van der Waals surface area contributed by atoms with E-state index < -0.39 is 0 Å². The van der Waals surface area contributed by atoms with E-state index in [-0.39, 0.29) is 11.6 Å². The third kappa shape index (κ3) is 2.53. The van der Waals surface area contributed by atoms with Crippen LogP contribution in [0.15, 0.2) is 16.6 Å². The molecule has 1 heterocycles. The van der Waals surface area contributed by atoms with Crippen molar-refractivity contribution in [3.8, 4) is 5.75 Å². The highest BCUT2D eigenvalue weighted by Gasteiger charge is 2.16. The molecule has 1 aromatic rings. The van der Waals surface area contributed by atoms with E-state index in [0.717, 1.165) is 26.2 Å². The van der Waals surface area contributed by atoms with Crippen LogP contribution in [0.1, 0.15) is 5.56 Å². The summed E-state index contributed by atoms with van der Waals surface area (Å²) in [6.45, 7) is 4.04. The quantitative estimate of drug-likeness (QED) is 0.870. The van der Waals surface area contributed by atoms with Crippen molar-refractivity contribution in [3.63, 3.8) is 0 Å². The van der Waals surface area contributed by atoms with Crippen LogP contribution in [0, 0.1) is 5.82 Å². The second kappa shape index (κ2) is 5.12. The van der Waals surface area contributed by atoms with Gasteiger partial charge in [0, 0.05) is 38.3 Å². The molecule has 0 aromatic heterocycles. The van der Waals surface area contributed by atoms with Crippen molar-refractivity contribution in [2.45, 2.75) is 6.54 Å². The Morgan fingerprint density at radius 3 is 2.75 bits per heavy atom. The fourth-order valence-electron chi connectivity index (χ4n) is 1.83. The lowest BCUT2D eigenvalue weighted by atomic mass is 10.1. The molecule has 0 amide bonds. The van der Waals surface area contributed by atoms with Crippen molar-refractivity contribution in [2.75, 3.05) is 26.2 Å².